The van der Waals surface area contributed by atoms with Gasteiger partial charge in [0.05, 0.1) is 6.26 Å². The first-order valence-corrected chi connectivity index (χ1v) is 6.32. The number of rotatable bonds is 6. The first-order chi connectivity index (χ1) is 10.3. The van der Waals surface area contributed by atoms with Crippen LogP contribution in [0.3, 0.4) is 0 Å². The number of nitrogens with one attached hydrogen (secondary N) is 2. The molecule has 0 bridgehead atoms. The van der Waals surface area contributed by atoms with Crippen LogP contribution in [0.2, 0.25) is 0 Å². The van der Waals surface area contributed by atoms with E-state index in [1.54, 1.807) is 29.6 Å². The van der Waals surface area contributed by atoms with E-state index in [4.69, 9.17) is 10.3 Å². The zero-order valence-electron chi connectivity index (χ0n) is 11.1. The van der Waals surface area contributed by atoms with Crippen LogP contribution in [0.25, 0.3) is 5.95 Å². The van der Waals surface area contributed by atoms with E-state index in [1.807, 2.05) is 12.1 Å². The van der Waals surface area contributed by atoms with Crippen LogP contribution in [-0.2, 0) is 6.42 Å². The van der Waals surface area contributed by atoms with Gasteiger partial charge in [0.15, 0.2) is 0 Å². The number of nitrogen functional groups attached to an aromatic ring is 1. The Labute approximate surface area is 120 Å². The molecule has 0 aliphatic heterocycles. The minimum atomic E-state index is 0.272. The summed E-state index contributed by atoms with van der Waals surface area (Å²) in [5.41, 5.74) is 2.42. The second-order valence-electron chi connectivity index (χ2n) is 4.15. The van der Waals surface area contributed by atoms with Gasteiger partial charge in [-0.05, 0) is 12.1 Å². The highest BCUT2D eigenvalue weighted by atomic mass is 16.3. The number of imidazole rings is 1. The summed E-state index contributed by atoms with van der Waals surface area (Å²) in [5, 5.41) is 3.11. The molecule has 0 amide bonds. The lowest BCUT2D eigenvalue weighted by Crippen LogP contribution is -2.16. The van der Waals surface area contributed by atoms with E-state index in [9.17, 15) is 0 Å². The first-order valence-electron chi connectivity index (χ1n) is 6.32. The van der Waals surface area contributed by atoms with Crippen LogP contribution in [0.4, 0.5) is 11.9 Å². The predicted octanol–water partition coefficient (Wildman–Crippen LogP) is 0.590. The molecule has 9 heteroatoms. The molecule has 0 aliphatic rings. The van der Waals surface area contributed by atoms with Gasteiger partial charge in [-0.3, -0.25) is 9.99 Å². The van der Waals surface area contributed by atoms with Crippen LogP contribution in [-0.4, -0.2) is 31.0 Å². The lowest BCUT2D eigenvalue weighted by molar-refractivity contribution is 0.512. The highest BCUT2D eigenvalue weighted by Gasteiger charge is 2.07. The average molecular weight is 286 g/mol. The third kappa shape index (κ3) is 3.15. The van der Waals surface area contributed by atoms with Gasteiger partial charge in [-0.15, -0.1) is 0 Å². The van der Waals surface area contributed by atoms with Crippen LogP contribution in [0.15, 0.2) is 41.5 Å². The quantitative estimate of drug-likeness (QED) is 0.445. The maximum atomic E-state index is 5.38. The fourth-order valence-electron chi connectivity index (χ4n) is 1.75. The summed E-state index contributed by atoms with van der Waals surface area (Å²) in [4.78, 5) is 16.6. The fraction of sp³-hybridized carbons (Fsp3) is 0.167. The second kappa shape index (κ2) is 6.01. The van der Waals surface area contributed by atoms with Crippen LogP contribution >= 0.6 is 0 Å². The van der Waals surface area contributed by atoms with Gasteiger partial charge < -0.3 is 9.73 Å². The molecule has 21 heavy (non-hydrogen) atoms. The maximum Gasteiger partial charge on any atom is 0.243 e. The number of nitrogens with zero attached hydrogens (tertiary/aromatic N) is 5. The van der Waals surface area contributed by atoms with Gasteiger partial charge in [-0.25, -0.2) is 10.8 Å². The number of nitrogens with two attached hydrogens (primary N) is 1. The van der Waals surface area contributed by atoms with Crippen molar-refractivity contribution in [3.8, 4) is 5.95 Å². The third-order valence-corrected chi connectivity index (χ3v) is 2.72. The highest BCUT2D eigenvalue weighted by molar-refractivity contribution is 5.37. The lowest BCUT2D eigenvalue weighted by atomic mass is 10.3. The van der Waals surface area contributed by atoms with Gasteiger partial charge in [-0.2, -0.15) is 15.0 Å². The predicted molar refractivity (Wildman–Crippen MR) is 75.7 cm³/mol. The molecule has 108 valence electrons. The van der Waals surface area contributed by atoms with Gasteiger partial charge in [0.2, 0.25) is 17.8 Å². The maximum absolute atomic E-state index is 5.38. The van der Waals surface area contributed by atoms with Crippen molar-refractivity contribution in [2.75, 3.05) is 17.3 Å². The Morgan fingerprint density at radius 2 is 2.14 bits per heavy atom. The molecular formula is C12H14N8O. The van der Waals surface area contributed by atoms with Crippen molar-refractivity contribution in [2.24, 2.45) is 5.84 Å². The zero-order valence-corrected chi connectivity index (χ0v) is 11.1. The van der Waals surface area contributed by atoms with E-state index in [2.05, 4.69) is 30.7 Å². The minimum absolute atomic E-state index is 0.272. The summed E-state index contributed by atoms with van der Waals surface area (Å²) in [6.45, 7) is 0.630. The monoisotopic (exact) mass is 286 g/mol. The van der Waals surface area contributed by atoms with Crippen molar-refractivity contribution in [3.05, 3.63) is 42.9 Å². The van der Waals surface area contributed by atoms with Gasteiger partial charge in [0.25, 0.3) is 0 Å². The molecule has 9 nitrogen and oxygen atoms in total. The molecule has 0 saturated heterocycles. The van der Waals surface area contributed by atoms with Crippen molar-refractivity contribution in [1.29, 1.82) is 0 Å². The second-order valence-corrected chi connectivity index (χ2v) is 4.15. The summed E-state index contributed by atoms with van der Waals surface area (Å²) in [5.74, 6) is 7.39. The van der Waals surface area contributed by atoms with Crippen molar-refractivity contribution in [3.63, 3.8) is 0 Å². The number of hydrogen-bond donors (Lipinski definition) is 3. The number of aromatic nitrogens is 5. The van der Waals surface area contributed by atoms with E-state index >= 15 is 0 Å². The van der Waals surface area contributed by atoms with Crippen LogP contribution in [0.5, 0.6) is 0 Å². The number of hydrazine groups is 1. The molecule has 0 saturated carbocycles. The summed E-state index contributed by atoms with van der Waals surface area (Å²) < 4.78 is 6.93. The van der Waals surface area contributed by atoms with E-state index in [0.29, 0.717) is 18.4 Å². The molecule has 0 unspecified atom stereocenters. The molecule has 0 spiro atoms. The molecule has 3 aromatic heterocycles. The zero-order chi connectivity index (χ0) is 14.5. The normalized spacial score (nSPS) is 10.5. The number of hydrogen-bond acceptors (Lipinski definition) is 8. The Morgan fingerprint density at radius 1 is 1.24 bits per heavy atom. The van der Waals surface area contributed by atoms with Crippen molar-refractivity contribution in [2.45, 2.75) is 6.42 Å². The van der Waals surface area contributed by atoms with Gasteiger partial charge >= 0.3 is 0 Å². The Hall–Kier alpha value is -2.94. The van der Waals surface area contributed by atoms with Crippen LogP contribution in [0, 0.1) is 0 Å². The fourth-order valence-corrected chi connectivity index (χ4v) is 1.75. The molecule has 0 fully saturated rings. The summed E-state index contributed by atoms with van der Waals surface area (Å²) in [7, 11) is 0. The smallest absolute Gasteiger partial charge is 0.243 e. The SMILES string of the molecule is NNc1nc(NCCc2ccco2)nc(-n2ccnc2)n1. The molecular weight excluding hydrogens is 272 g/mol. The molecule has 3 heterocycles. The largest absolute Gasteiger partial charge is 0.469 e. The standard InChI is InChI=1S/C12H14N8O/c13-19-11-16-10(15-4-3-9-2-1-7-21-9)17-12(18-11)20-6-5-14-8-20/h1-2,5-8H,3-4,13H2,(H2,15,16,17,18,19). The molecule has 0 aromatic carbocycles. The number of anilines is 2. The Morgan fingerprint density at radius 3 is 2.86 bits per heavy atom. The third-order valence-electron chi connectivity index (χ3n) is 2.72. The Kier molecular flexibility index (Phi) is 3.74. The van der Waals surface area contributed by atoms with E-state index in [1.165, 1.54) is 0 Å². The van der Waals surface area contributed by atoms with E-state index in [0.717, 1.165) is 12.2 Å². The molecule has 0 radical (unpaired) electrons. The van der Waals surface area contributed by atoms with E-state index < -0.39 is 0 Å². The topological polar surface area (TPSA) is 120 Å². The molecule has 3 aromatic rings. The van der Waals surface area contributed by atoms with Gasteiger partial charge in [0.1, 0.15) is 12.1 Å². The van der Waals surface area contributed by atoms with Crippen molar-refractivity contribution >= 4 is 11.9 Å². The summed E-state index contributed by atoms with van der Waals surface area (Å²) in [6.07, 6.45) is 7.35. The van der Waals surface area contributed by atoms with E-state index in [-0.39, 0.29) is 5.95 Å². The molecule has 4 N–H and O–H groups in total. The average Bonchev–Trinajstić information content (AvgIpc) is 3.20. The molecule has 3 rings (SSSR count). The summed E-state index contributed by atoms with van der Waals surface area (Å²) in [6, 6.07) is 3.77. The Bertz CT molecular complexity index is 679. The van der Waals surface area contributed by atoms with Crippen molar-refractivity contribution in [1.82, 2.24) is 24.5 Å². The molecule has 0 atom stereocenters. The minimum Gasteiger partial charge on any atom is -0.469 e. The van der Waals surface area contributed by atoms with Crippen LogP contribution < -0.4 is 16.6 Å². The van der Waals surface area contributed by atoms with Crippen molar-refractivity contribution < 1.29 is 4.42 Å². The summed E-state index contributed by atoms with van der Waals surface area (Å²) >= 11 is 0. The number of furan rings is 1. The van der Waals surface area contributed by atoms with Gasteiger partial charge in [0, 0.05) is 25.4 Å². The highest BCUT2D eigenvalue weighted by Crippen LogP contribution is 2.09. The van der Waals surface area contributed by atoms with Gasteiger partial charge in [-0.1, -0.05) is 0 Å². The van der Waals surface area contributed by atoms with Crippen LogP contribution in [0.1, 0.15) is 5.76 Å². The lowest BCUT2D eigenvalue weighted by Gasteiger charge is -2.08. The first kappa shape index (κ1) is 13.1. The Balaban J connectivity index is 1.73. The molecule has 0 aliphatic carbocycles.